The lowest BCUT2D eigenvalue weighted by Gasteiger charge is -2.25. The second-order valence-corrected chi connectivity index (χ2v) is 5.86. The quantitative estimate of drug-likeness (QED) is 0.897. The predicted octanol–water partition coefficient (Wildman–Crippen LogP) is 2.75. The highest BCUT2D eigenvalue weighted by Gasteiger charge is 2.21. The van der Waals surface area contributed by atoms with Crippen molar-refractivity contribution in [3.05, 3.63) is 24.0 Å². The van der Waals surface area contributed by atoms with E-state index < -0.39 is 0 Å². The third kappa shape index (κ3) is 3.94. The Balaban J connectivity index is 2.04. The first-order chi connectivity index (χ1) is 9.99. The maximum atomic E-state index is 14.1. The SMILES string of the molecule is CC(C)N(C)c1ccc(NC(=O)C2CCCCN2)cc1F. The van der Waals surface area contributed by atoms with Gasteiger partial charge in [0.2, 0.25) is 5.91 Å². The summed E-state index contributed by atoms with van der Waals surface area (Å²) in [6.07, 6.45) is 2.99. The van der Waals surface area contributed by atoms with Gasteiger partial charge in [-0.05, 0) is 51.4 Å². The van der Waals surface area contributed by atoms with Gasteiger partial charge in [0.25, 0.3) is 0 Å². The minimum Gasteiger partial charge on any atom is -0.370 e. The number of carbonyl (C=O) groups excluding carboxylic acids is 1. The second-order valence-electron chi connectivity index (χ2n) is 5.86. The van der Waals surface area contributed by atoms with Crippen LogP contribution in [0.15, 0.2) is 18.2 Å². The molecule has 0 radical (unpaired) electrons. The molecule has 1 heterocycles. The molecule has 1 unspecified atom stereocenters. The molecule has 2 rings (SSSR count). The van der Waals surface area contributed by atoms with Crippen LogP contribution in [0.1, 0.15) is 33.1 Å². The Kier molecular flexibility index (Phi) is 5.17. The molecule has 0 aromatic heterocycles. The Hall–Kier alpha value is -1.62. The second kappa shape index (κ2) is 6.89. The van der Waals surface area contributed by atoms with E-state index in [4.69, 9.17) is 0 Å². The fraction of sp³-hybridized carbons (Fsp3) is 0.562. The van der Waals surface area contributed by atoms with Crippen LogP contribution in [0.2, 0.25) is 0 Å². The number of anilines is 2. The summed E-state index contributed by atoms with van der Waals surface area (Å²) in [5.41, 5.74) is 1.05. The molecule has 1 atom stereocenters. The van der Waals surface area contributed by atoms with Crippen molar-refractivity contribution >= 4 is 17.3 Å². The fourth-order valence-electron chi connectivity index (χ4n) is 2.45. The van der Waals surface area contributed by atoms with Crippen LogP contribution in [0, 0.1) is 5.82 Å². The van der Waals surface area contributed by atoms with Crippen LogP contribution in [-0.2, 0) is 4.79 Å². The van der Waals surface area contributed by atoms with Gasteiger partial charge in [0.15, 0.2) is 0 Å². The van der Waals surface area contributed by atoms with Gasteiger partial charge in [-0.3, -0.25) is 4.79 Å². The average Bonchev–Trinajstić information content (AvgIpc) is 2.47. The van der Waals surface area contributed by atoms with E-state index in [0.717, 1.165) is 25.8 Å². The summed E-state index contributed by atoms with van der Waals surface area (Å²) in [6.45, 7) is 4.87. The molecule has 1 fully saturated rings. The number of amides is 1. The zero-order valence-electron chi connectivity index (χ0n) is 12.9. The number of benzene rings is 1. The minimum absolute atomic E-state index is 0.0842. The van der Waals surface area contributed by atoms with Crippen molar-refractivity contribution in [1.29, 1.82) is 0 Å². The summed E-state index contributed by atoms with van der Waals surface area (Å²) >= 11 is 0. The maximum absolute atomic E-state index is 14.1. The number of halogens is 1. The van der Waals surface area contributed by atoms with E-state index in [0.29, 0.717) is 11.4 Å². The van der Waals surface area contributed by atoms with Crippen LogP contribution in [0.3, 0.4) is 0 Å². The number of carbonyl (C=O) groups is 1. The van der Waals surface area contributed by atoms with E-state index in [1.165, 1.54) is 6.07 Å². The van der Waals surface area contributed by atoms with E-state index in [2.05, 4.69) is 10.6 Å². The molecule has 1 aliphatic heterocycles. The molecular formula is C16H24FN3O. The molecule has 0 spiro atoms. The van der Waals surface area contributed by atoms with Gasteiger partial charge >= 0.3 is 0 Å². The first-order valence-corrected chi connectivity index (χ1v) is 7.55. The standard InChI is InChI=1S/C16H24FN3O/c1-11(2)20(3)15-8-7-12(10-13(15)17)19-16(21)14-6-4-5-9-18-14/h7-8,10-11,14,18H,4-6,9H2,1-3H3,(H,19,21). The normalized spacial score (nSPS) is 18.6. The number of rotatable bonds is 4. The third-order valence-corrected chi connectivity index (χ3v) is 4.00. The number of hydrogen-bond donors (Lipinski definition) is 2. The Bertz CT molecular complexity index is 498. The van der Waals surface area contributed by atoms with Crippen molar-refractivity contribution < 1.29 is 9.18 Å². The maximum Gasteiger partial charge on any atom is 0.241 e. The van der Waals surface area contributed by atoms with Crippen molar-refractivity contribution in [2.24, 2.45) is 0 Å². The lowest BCUT2D eigenvalue weighted by molar-refractivity contribution is -0.118. The van der Waals surface area contributed by atoms with E-state index in [9.17, 15) is 9.18 Å². The van der Waals surface area contributed by atoms with Crippen LogP contribution < -0.4 is 15.5 Å². The highest BCUT2D eigenvalue weighted by atomic mass is 19.1. The summed E-state index contributed by atoms with van der Waals surface area (Å²) in [4.78, 5) is 14.0. The van der Waals surface area contributed by atoms with Gasteiger partial charge < -0.3 is 15.5 Å². The minimum atomic E-state index is -0.319. The molecule has 2 N–H and O–H groups in total. The van der Waals surface area contributed by atoms with Gasteiger partial charge in [0.1, 0.15) is 5.82 Å². The molecular weight excluding hydrogens is 269 g/mol. The molecule has 1 aromatic rings. The fourth-order valence-corrected chi connectivity index (χ4v) is 2.45. The van der Waals surface area contributed by atoms with Gasteiger partial charge in [-0.15, -0.1) is 0 Å². The summed E-state index contributed by atoms with van der Waals surface area (Å²) in [5.74, 6) is -0.403. The number of hydrogen-bond acceptors (Lipinski definition) is 3. The molecule has 1 aliphatic rings. The van der Waals surface area contributed by atoms with Crippen molar-refractivity contribution in [2.45, 2.75) is 45.2 Å². The molecule has 116 valence electrons. The molecule has 1 amide bonds. The number of nitrogens with one attached hydrogen (secondary N) is 2. The highest BCUT2D eigenvalue weighted by Crippen LogP contribution is 2.23. The van der Waals surface area contributed by atoms with Gasteiger partial charge in [-0.1, -0.05) is 6.42 Å². The Labute approximate surface area is 125 Å². The predicted molar refractivity (Wildman–Crippen MR) is 84.2 cm³/mol. The van der Waals surface area contributed by atoms with E-state index >= 15 is 0 Å². The lowest BCUT2D eigenvalue weighted by Crippen LogP contribution is -2.43. The van der Waals surface area contributed by atoms with Crippen molar-refractivity contribution in [3.63, 3.8) is 0 Å². The Morgan fingerprint density at radius 2 is 2.19 bits per heavy atom. The van der Waals surface area contributed by atoms with Gasteiger partial charge in [-0.25, -0.2) is 4.39 Å². The van der Waals surface area contributed by atoms with Crippen molar-refractivity contribution in [3.8, 4) is 0 Å². The number of piperidine rings is 1. The first-order valence-electron chi connectivity index (χ1n) is 7.55. The Morgan fingerprint density at radius 1 is 1.43 bits per heavy atom. The van der Waals surface area contributed by atoms with Crippen LogP contribution in [-0.4, -0.2) is 31.6 Å². The van der Waals surface area contributed by atoms with Crippen LogP contribution in [0.5, 0.6) is 0 Å². The molecule has 5 heteroatoms. The summed E-state index contributed by atoms with van der Waals surface area (Å²) in [7, 11) is 1.85. The zero-order valence-corrected chi connectivity index (χ0v) is 12.9. The number of nitrogens with zero attached hydrogens (tertiary/aromatic N) is 1. The smallest absolute Gasteiger partial charge is 0.241 e. The molecule has 0 bridgehead atoms. The van der Waals surface area contributed by atoms with Crippen molar-refractivity contribution in [1.82, 2.24) is 5.32 Å². The van der Waals surface area contributed by atoms with Crippen LogP contribution in [0.25, 0.3) is 0 Å². The lowest BCUT2D eigenvalue weighted by atomic mass is 10.0. The molecule has 0 aliphatic carbocycles. The monoisotopic (exact) mass is 293 g/mol. The summed E-state index contributed by atoms with van der Waals surface area (Å²) in [6, 6.07) is 4.89. The largest absolute Gasteiger partial charge is 0.370 e. The molecule has 1 saturated heterocycles. The third-order valence-electron chi connectivity index (χ3n) is 4.00. The molecule has 21 heavy (non-hydrogen) atoms. The first kappa shape index (κ1) is 15.8. The van der Waals surface area contributed by atoms with Crippen molar-refractivity contribution in [2.75, 3.05) is 23.8 Å². The van der Waals surface area contributed by atoms with E-state index in [1.54, 1.807) is 12.1 Å². The summed E-state index contributed by atoms with van der Waals surface area (Å²) in [5, 5.41) is 5.97. The van der Waals surface area contributed by atoms with Crippen LogP contribution in [0.4, 0.5) is 15.8 Å². The molecule has 4 nitrogen and oxygen atoms in total. The van der Waals surface area contributed by atoms with Gasteiger partial charge in [0.05, 0.1) is 11.7 Å². The van der Waals surface area contributed by atoms with Crippen LogP contribution >= 0.6 is 0 Å². The van der Waals surface area contributed by atoms with Gasteiger partial charge in [-0.2, -0.15) is 0 Å². The topological polar surface area (TPSA) is 44.4 Å². The molecule has 0 saturated carbocycles. The van der Waals surface area contributed by atoms with Gasteiger partial charge in [0, 0.05) is 18.8 Å². The van der Waals surface area contributed by atoms with E-state index in [-0.39, 0.29) is 23.8 Å². The molecule has 1 aromatic carbocycles. The summed E-state index contributed by atoms with van der Waals surface area (Å²) < 4.78 is 14.1. The highest BCUT2D eigenvalue weighted by molar-refractivity contribution is 5.95. The van der Waals surface area contributed by atoms with E-state index in [1.807, 2.05) is 25.8 Å². The zero-order chi connectivity index (χ0) is 15.4. The average molecular weight is 293 g/mol. The Morgan fingerprint density at radius 3 is 2.76 bits per heavy atom.